The zero-order valence-electron chi connectivity index (χ0n) is 27.7. The number of hydrogen-bond acceptors (Lipinski definition) is 8. The zero-order chi connectivity index (χ0) is 36.1. The first-order valence-electron chi connectivity index (χ1n) is 16.2. The molecule has 0 bridgehead atoms. The molecule has 1 unspecified atom stereocenters. The van der Waals surface area contributed by atoms with Gasteiger partial charge in [-0.2, -0.15) is 13.2 Å². The number of carbonyl (C=O) groups excluding carboxylic acids is 2. The van der Waals surface area contributed by atoms with Crippen molar-refractivity contribution in [2.45, 2.75) is 51.1 Å². The van der Waals surface area contributed by atoms with Gasteiger partial charge in [-0.05, 0) is 77.1 Å². The molecule has 0 saturated heterocycles. The Morgan fingerprint density at radius 1 is 0.720 bits per heavy atom. The molecule has 1 aliphatic rings. The monoisotopic (exact) mass is 694 g/mol. The quantitative estimate of drug-likeness (QED) is 0.0630. The van der Waals surface area contributed by atoms with Gasteiger partial charge in [-0.25, -0.2) is 9.59 Å². The number of benzene rings is 3. The molecule has 0 aromatic heterocycles. The molecule has 11 heteroatoms. The van der Waals surface area contributed by atoms with Gasteiger partial charge in [0.05, 0.1) is 24.4 Å². The Kier molecular flexibility index (Phi) is 13.8. The average Bonchev–Trinajstić information content (AvgIpc) is 3.12. The van der Waals surface area contributed by atoms with E-state index in [1.54, 1.807) is 12.1 Å². The van der Waals surface area contributed by atoms with Crippen LogP contribution in [0.4, 0.5) is 13.2 Å². The highest BCUT2D eigenvalue weighted by atomic mass is 19.4. The van der Waals surface area contributed by atoms with Crippen LogP contribution in [0.25, 0.3) is 27.8 Å². The van der Waals surface area contributed by atoms with Gasteiger partial charge in [0, 0.05) is 12.5 Å². The van der Waals surface area contributed by atoms with E-state index in [9.17, 15) is 22.8 Å². The summed E-state index contributed by atoms with van der Waals surface area (Å²) in [5, 5.41) is 18.1. The molecule has 50 heavy (non-hydrogen) atoms. The summed E-state index contributed by atoms with van der Waals surface area (Å²) in [6.45, 7) is 4.83. The third-order valence-electron chi connectivity index (χ3n) is 8.32. The second kappa shape index (κ2) is 18.2. The van der Waals surface area contributed by atoms with Crippen molar-refractivity contribution < 1.29 is 51.9 Å². The second-order valence-corrected chi connectivity index (χ2v) is 12.0. The van der Waals surface area contributed by atoms with Crippen LogP contribution in [0.2, 0.25) is 0 Å². The van der Waals surface area contributed by atoms with Gasteiger partial charge in [-0.1, -0.05) is 80.6 Å². The largest absolute Gasteiger partial charge is 0.457 e. The van der Waals surface area contributed by atoms with Crippen LogP contribution < -0.4 is 9.47 Å². The Balaban J connectivity index is 1.41. The third-order valence-corrected chi connectivity index (χ3v) is 8.32. The highest BCUT2D eigenvalue weighted by molar-refractivity contribution is 5.88. The summed E-state index contributed by atoms with van der Waals surface area (Å²) in [7, 11) is 0. The Bertz CT molecular complexity index is 1610. The Hall–Kier alpha value is -4.87. The van der Waals surface area contributed by atoms with Crippen molar-refractivity contribution in [3.8, 4) is 33.8 Å². The van der Waals surface area contributed by atoms with Crippen molar-refractivity contribution in [1.82, 2.24) is 0 Å². The van der Waals surface area contributed by atoms with Crippen LogP contribution in [0.15, 0.2) is 97.1 Å². The highest BCUT2D eigenvalue weighted by Gasteiger charge is 2.26. The van der Waals surface area contributed by atoms with Gasteiger partial charge in [0.15, 0.2) is 0 Å². The molecule has 3 aromatic rings. The number of unbranched alkanes of at least 4 members (excludes halogenated alkanes) is 1. The van der Waals surface area contributed by atoms with Crippen molar-refractivity contribution in [2.75, 3.05) is 26.8 Å². The number of esters is 2. The molecule has 0 amide bonds. The van der Waals surface area contributed by atoms with E-state index in [2.05, 4.69) is 43.5 Å². The molecule has 4 rings (SSSR count). The summed E-state index contributed by atoms with van der Waals surface area (Å²) >= 11 is 0. The minimum absolute atomic E-state index is 0.120. The molecule has 8 nitrogen and oxygen atoms in total. The molecular weight excluding hydrogens is 653 g/mol. The van der Waals surface area contributed by atoms with Crippen LogP contribution in [-0.2, 0) is 19.1 Å². The molecular formula is C39H41F3O8. The van der Waals surface area contributed by atoms with Crippen molar-refractivity contribution in [3.05, 3.63) is 103 Å². The number of carbonyl (C=O) groups is 2. The molecule has 3 aromatic carbocycles. The van der Waals surface area contributed by atoms with Crippen molar-refractivity contribution in [3.63, 3.8) is 0 Å². The number of ether oxygens (including phenoxy) is 4. The fourth-order valence-electron chi connectivity index (χ4n) is 5.44. The molecule has 0 fully saturated rings. The molecule has 0 radical (unpaired) electrons. The predicted molar refractivity (Wildman–Crippen MR) is 183 cm³/mol. The van der Waals surface area contributed by atoms with Gasteiger partial charge in [-0.3, -0.25) is 0 Å². The first kappa shape index (κ1) is 37.9. The van der Waals surface area contributed by atoms with E-state index in [0.29, 0.717) is 17.9 Å². The van der Waals surface area contributed by atoms with Gasteiger partial charge in [0.2, 0.25) is 13.6 Å². The Morgan fingerprint density at radius 3 is 1.64 bits per heavy atom. The van der Waals surface area contributed by atoms with Gasteiger partial charge in [0.25, 0.3) is 0 Å². The molecule has 1 atom stereocenters. The first-order chi connectivity index (χ1) is 24.0. The van der Waals surface area contributed by atoms with E-state index in [4.69, 9.17) is 29.2 Å². The van der Waals surface area contributed by atoms with E-state index >= 15 is 0 Å². The summed E-state index contributed by atoms with van der Waals surface area (Å²) in [5.74, 6) is -0.601. The SMILES string of the molecule is C=C(CO)C(=O)OCOc1cc(OCOC(=O)C(=C)CO)cc(-c2ccc(-c3ccc(C4=CCC(CCCCC(F)(F)F)CC4)cc3)cc2)c1. The molecule has 0 heterocycles. The van der Waals surface area contributed by atoms with Crippen molar-refractivity contribution >= 4 is 17.5 Å². The second-order valence-electron chi connectivity index (χ2n) is 12.0. The fourth-order valence-corrected chi connectivity index (χ4v) is 5.44. The standard InChI is InChI=1S/C39H41F3O8/c1-26(22-43)37(45)49-24-47-35-19-34(20-36(21-35)48-25-50-38(46)27(2)23-44)33-16-14-32(15-17-33)31-12-10-30(11-13-31)29-8-6-28(7-9-29)5-3-4-18-39(40,41)42/h8,10-17,19-21,28,43-44H,1-7,9,18,22-25H2. The summed E-state index contributed by atoms with van der Waals surface area (Å²) in [5.41, 5.74) is 5.70. The smallest absolute Gasteiger partial charge is 0.389 e. The lowest BCUT2D eigenvalue weighted by Crippen LogP contribution is -2.14. The lowest BCUT2D eigenvalue weighted by atomic mass is 9.83. The average molecular weight is 695 g/mol. The number of alkyl halides is 3. The number of allylic oxidation sites excluding steroid dienone is 2. The molecule has 266 valence electrons. The first-order valence-corrected chi connectivity index (χ1v) is 16.2. The van der Waals surface area contributed by atoms with Gasteiger partial charge in [0.1, 0.15) is 11.5 Å². The Labute approximate surface area is 289 Å². The maximum atomic E-state index is 12.4. The lowest BCUT2D eigenvalue weighted by Gasteiger charge is -2.22. The molecule has 0 spiro atoms. The van der Waals surface area contributed by atoms with E-state index in [-0.39, 0.29) is 29.1 Å². The highest BCUT2D eigenvalue weighted by Crippen LogP contribution is 2.35. The number of aliphatic hydroxyl groups is 2. The molecule has 2 N–H and O–H groups in total. The van der Waals surface area contributed by atoms with Crippen LogP contribution in [-0.4, -0.2) is 55.1 Å². The summed E-state index contributed by atoms with van der Waals surface area (Å²) in [4.78, 5) is 23.7. The van der Waals surface area contributed by atoms with Crippen LogP contribution >= 0.6 is 0 Å². The minimum Gasteiger partial charge on any atom is -0.457 e. The summed E-state index contributed by atoms with van der Waals surface area (Å²) < 4.78 is 58.4. The van der Waals surface area contributed by atoms with Crippen LogP contribution in [0, 0.1) is 5.92 Å². The van der Waals surface area contributed by atoms with Gasteiger partial charge in [-0.15, -0.1) is 0 Å². The van der Waals surface area contributed by atoms with Gasteiger partial charge < -0.3 is 29.2 Å². The van der Waals surface area contributed by atoms with E-state index in [1.807, 2.05) is 24.3 Å². The van der Waals surface area contributed by atoms with Crippen LogP contribution in [0.5, 0.6) is 11.5 Å². The predicted octanol–water partition coefficient (Wildman–Crippen LogP) is 8.18. The van der Waals surface area contributed by atoms with Crippen molar-refractivity contribution in [1.29, 1.82) is 0 Å². The number of halogens is 3. The minimum atomic E-state index is -4.08. The number of rotatable bonds is 17. The number of hydrogen-bond donors (Lipinski definition) is 2. The summed E-state index contributed by atoms with van der Waals surface area (Å²) in [6.07, 6.45) is 1.85. The van der Waals surface area contributed by atoms with E-state index in [1.165, 1.54) is 11.6 Å². The van der Waals surface area contributed by atoms with Crippen molar-refractivity contribution in [2.24, 2.45) is 5.92 Å². The third kappa shape index (κ3) is 11.6. The fraction of sp³-hybridized carbons (Fsp3) is 0.333. The normalized spacial score (nSPS) is 14.3. The summed E-state index contributed by atoms with van der Waals surface area (Å²) in [6, 6.07) is 21.1. The molecule has 0 aliphatic heterocycles. The van der Waals surface area contributed by atoms with Gasteiger partial charge >= 0.3 is 18.1 Å². The van der Waals surface area contributed by atoms with E-state index in [0.717, 1.165) is 47.9 Å². The molecule has 1 aliphatic carbocycles. The topological polar surface area (TPSA) is 112 Å². The van der Waals surface area contributed by atoms with E-state index < -0.39 is 51.3 Å². The number of aliphatic hydroxyl groups excluding tert-OH is 2. The lowest BCUT2D eigenvalue weighted by molar-refractivity contribution is -0.146. The maximum Gasteiger partial charge on any atom is 0.389 e. The Morgan fingerprint density at radius 2 is 1.20 bits per heavy atom. The molecule has 0 saturated carbocycles. The van der Waals surface area contributed by atoms with Crippen LogP contribution in [0.3, 0.4) is 0 Å². The van der Waals surface area contributed by atoms with Crippen LogP contribution in [0.1, 0.15) is 50.5 Å². The maximum absolute atomic E-state index is 12.4. The zero-order valence-corrected chi connectivity index (χ0v) is 27.7.